The van der Waals surface area contributed by atoms with Gasteiger partial charge in [-0.15, -0.1) is 20.5 Å². The van der Waals surface area contributed by atoms with Crippen LogP contribution < -0.4 is 10.5 Å². The molecule has 5 rings (SSSR count). The van der Waals surface area contributed by atoms with Crippen molar-refractivity contribution >= 4 is 70.2 Å². The Balaban J connectivity index is 1.66. The van der Waals surface area contributed by atoms with Gasteiger partial charge in [0.25, 0.3) is 20.2 Å². The predicted octanol–water partition coefficient (Wildman–Crippen LogP) is 6.40. The van der Waals surface area contributed by atoms with Crippen molar-refractivity contribution in [2.75, 3.05) is 12.8 Å². The lowest BCUT2D eigenvalue weighted by Gasteiger charge is -2.10. The van der Waals surface area contributed by atoms with Gasteiger partial charge in [-0.2, -0.15) is 16.8 Å². The fourth-order valence-corrected chi connectivity index (χ4v) is 5.58. The maximum atomic E-state index is 11.9. The molecule has 0 aliphatic rings. The van der Waals surface area contributed by atoms with Gasteiger partial charge in [-0.25, -0.2) is 0 Å². The SMILES string of the molecule is COc1cc(N=Nc2ccc(N=Nc3ccc(CO)cc3S(=O)(=O)O)c3ccc(S(=O)(=O)O)cc23)c2ccccc2c1N. The Hall–Kier alpha value is -4.80. The van der Waals surface area contributed by atoms with Crippen molar-refractivity contribution in [2.45, 2.75) is 16.4 Å². The number of nitrogens with zero attached hydrogens (tertiary/aromatic N) is 4. The number of hydrogen-bond donors (Lipinski definition) is 4. The van der Waals surface area contributed by atoms with Crippen molar-refractivity contribution in [1.29, 1.82) is 0 Å². The number of benzene rings is 5. The standard InChI is InChI=1S/C28H23N5O8S2/c1-41-26-14-25(18-4-2-3-5-20(18)28(26)29)33-31-23-11-10-22(19-8-7-17(13-21(19)23)42(35,36)37)30-32-24-9-6-16(15-34)12-27(24)43(38,39)40/h2-14,34H,15,29H2,1H3,(H,35,36,37)(H,38,39,40). The van der Waals surface area contributed by atoms with E-state index in [9.17, 15) is 31.0 Å². The number of methoxy groups -OCH3 is 1. The van der Waals surface area contributed by atoms with Crippen LogP contribution in [0.3, 0.4) is 0 Å². The van der Waals surface area contributed by atoms with Crippen LogP contribution in [0.5, 0.6) is 5.75 Å². The van der Waals surface area contributed by atoms with Crippen molar-refractivity contribution in [2.24, 2.45) is 20.5 Å². The van der Waals surface area contributed by atoms with Crippen molar-refractivity contribution in [3.8, 4) is 5.75 Å². The Labute approximate surface area is 245 Å². The number of fused-ring (bicyclic) bond motifs is 2. The molecule has 15 heteroatoms. The van der Waals surface area contributed by atoms with Gasteiger partial charge < -0.3 is 15.6 Å². The summed E-state index contributed by atoms with van der Waals surface area (Å²) < 4.78 is 72.4. The van der Waals surface area contributed by atoms with E-state index in [4.69, 9.17) is 10.5 Å². The van der Waals surface area contributed by atoms with Crippen molar-refractivity contribution < 1.29 is 35.8 Å². The van der Waals surface area contributed by atoms with E-state index in [-0.39, 0.29) is 28.0 Å². The summed E-state index contributed by atoms with van der Waals surface area (Å²) in [6, 6.07) is 19.3. The molecule has 0 radical (unpaired) electrons. The van der Waals surface area contributed by atoms with E-state index in [1.165, 1.54) is 43.5 Å². The summed E-state index contributed by atoms with van der Waals surface area (Å²) >= 11 is 0. The number of aliphatic hydroxyl groups excluding tert-OH is 1. The van der Waals surface area contributed by atoms with Gasteiger partial charge in [0.2, 0.25) is 0 Å². The third-order valence-corrected chi connectivity index (χ3v) is 8.23. The van der Waals surface area contributed by atoms with E-state index in [0.717, 1.165) is 12.1 Å². The highest BCUT2D eigenvalue weighted by Gasteiger charge is 2.18. The van der Waals surface area contributed by atoms with Gasteiger partial charge >= 0.3 is 0 Å². The maximum absolute atomic E-state index is 11.9. The molecule has 0 atom stereocenters. The molecule has 5 N–H and O–H groups in total. The molecule has 0 fully saturated rings. The zero-order chi connectivity index (χ0) is 30.9. The average Bonchev–Trinajstić information content (AvgIpc) is 2.98. The topological polar surface area (TPSA) is 214 Å². The molecule has 5 aromatic carbocycles. The van der Waals surface area contributed by atoms with E-state index in [0.29, 0.717) is 33.3 Å². The number of anilines is 1. The highest BCUT2D eigenvalue weighted by molar-refractivity contribution is 7.86. The number of hydrogen-bond acceptors (Lipinski definition) is 11. The molecule has 0 amide bonds. The first-order chi connectivity index (χ1) is 20.4. The third-order valence-electron chi connectivity index (χ3n) is 6.50. The molecule has 5 aromatic rings. The third kappa shape index (κ3) is 6.06. The molecular weight excluding hydrogens is 598 g/mol. The van der Waals surface area contributed by atoms with Crippen LogP contribution in [0, 0.1) is 0 Å². The molecule has 43 heavy (non-hydrogen) atoms. The molecule has 0 spiro atoms. The summed E-state index contributed by atoms with van der Waals surface area (Å²) in [5, 5.41) is 28.1. The molecule has 0 aromatic heterocycles. The number of azo groups is 2. The molecule has 13 nitrogen and oxygen atoms in total. The highest BCUT2D eigenvalue weighted by atomic mass is 32.2. The van der Waals surface area contributed by atoms with E-state index < -0.39 is 36.6 Å². The first kappa shape index (κ1) is 29.7. The second-order valence-electron chi connectivity index (χ2n) is 9.18. The van der Waals surface area contributed by atoms with Gasteiger partial charge in [-0.05, 0) is 42.0 Å². The quantitative estimate of drug-likeness (QED) is 0.0855. The number of rotatable bonds is 8. The van der Waals surface area contributed by atoms with Crippen molar-refractivity contribution in [3.63, 3.8) is 0 Å². The zero-order valence-corrected chi connectivity index (χ0v) is 23.9. The van der Waals surface area contributed by atoms with Crippen LogP contribution in [-0.4, -0.2) is 38.2 Å². The van der Waals surface area contributed by atoms with Crippen LogP contribution in [0.1, 0.15) is 5.56 Å². The minimum absolute atomic E-state index is 0.183. The summed E-state index contributed by atoms with van der Waals surface area (Å²) in [6.45, 7) is -0.463. The zero-order valence-electron chi connectivity index (χ0n) is 22.3. The molecule has 0 aliphatic heterocycles. The summed E-state index contributed by atoms with van der Waals surface area (Å²) in [6.07, 6.45) is 0. The lowest BCUT2D eigenvalue weighted by Crippen LogP contribution is -1.99. The molecule has 0 saturated heterocycles. The van der Waals surface area contributed by atoms with Gasteiger partial charge in [0.05, 0.1) is 41.4 Å². The van der Waals surface area contributed by atoms with E-state index in [1.54, 1.807) is 6.07 Å². The van der Waals surface area contributed by atoms with Gasteiger partial charge in [-0.1, -0.05) is 36.4 Å². The first-order valence-corrected chi connectivity index (χ1v) is 15.2. The van der Waals surface area contributed by atoms with Crippen LogP contribution >= 0.6 is 0 Å². The molecule has 0 heterocycles. The lowest BCUT2D eigenvalue weighted by molar-refractivity contribution is 0.281. The fourth-order valence-electron chi connectivity index (χ4n) is 4.40. The number of aliphatic hydroxyl groups is 1. The number of nitrogens with two attached hydrogens (primary N) is 1. The Morgan fingerprint density at radius 3 is 1.88 bits per heavy atom. The number of ether oxygens (including phenoxy) is 1. The molecule has 0 unspecified atom stereocenters. The van der Waals surface area contributed by atoms with Crippen molar-refractivity contribution in [1.82, 2.24) is 0 Å². The van der Waals surface area contributed by atoms with E-state index in [1.807, 2.05) is 24.3 Å². The molecule has 220 valence electrons. The second kappa shape index (κ2) is 11.5. The Morgan fingerprint density at radius 2 is 1.26 bits per heavy atom. The van der Waals surface area contributed by atoms with Crippen LogP contribution in [0.25, 0.3) is 21.5 Å². The van der Waals surface area contributed by atoms with Crippen LogP contribution in [-0.2, 0) is 26.8 Å². The van der Waals surface area contributed by atoms with E-state index in [2.05, 4.69) is 20.5 Å². The van der Waals surface area contributed by atoms with Gasteiger partial charge in [0.15, 0.2) is 0 Å². The van der Waals surface area contributed by atoms with E-state index >= 15 is 0 Å². The monoisotopic (exact) mass is 621 g/mol. The maximum Gasteiger partial charge on any atom is 0.296 e. The Morgan fingerprint density at radius 1 is 0.674 bits per heavy atom. The molecule has 0 saturated carbocycles. The summed E-state index contributed by atoms with van der Waals surface area (Å²) in [5.74, 6) is 0.387. The highest BCUT2D eigenvalue weighted by Crippen LogP contribution is 2.40. The fraction of sp³-hybridized carbons (Fsp3) is 0.0714. The average molecular weight is 622 g/mol. The molecule has 0 aliphatic carbocycles. The van der Waals surface area contributed by atoms with Crippen molar-refractivity contribution in [3.05, 3.63) is 84.4 Å². The predicted molar refractivity (Wildman–Crippen MR) is 159 cm³/mol. The minimum Gasteiger partial charge on any atom is -0.494 e. The van der Waals surface area contributed by atoms with Crippen LogP contribution in [0.4, 0.5) is 28.4 Å². The second-order valence-corrected chi connectivity index (χ2v) is 12.0. The lowest BCUT2D eigenvalue weighted by atomic mass is 10.1. The van der Waals surface area contributed by atoms with Gasteiger partial charge in [0.1, 0.15) is 16.3 Å². The van der Waals surface area contributed by atoms with Crippen LogP contribution in [0.2, 0.25) is 0 Å². The first-order valence-electron chi connectivity index (χ1n) is 12.3. The summed E-state index contributed by atoms with van der Waals surface area (Å²) in [4.78, 5) is -0.962. The normalized spacial score (nSPS) is 12.6. The Kier molecular flexibility index (Phi) is 7.92. The van der Waals surface area contributed by atoms with Crippen LogP contribution in [0.15, 0.2) is 109 Å². The summed E-state index contributed by atoms with van der Waals surface area (Å²) in [7, 11) is -7.82. The Bertz CT molecular complexity index is 2180. The largest absolute Gasteiger partial charge is 0.494 e. The van der Waals surface area contributed by atoms with Gasteiger partial charge in [0, 0.05) is 27.6 Å². The number of nitrogen functional groups attached to an aromatic ring is 1. The minimum atomic E-state index is -4.70. The molecule has 0 bridgehead atoms. The van der Waals surface area contributed by atoms with Gasteiger partial charge in [-0.3, -0.25) is 9.11 Å². The summed E-state index contributed by atoms with van der Waals surface area (Å²) in [5.41, 5.74) is 7.50. The smallest absolute Gasteiger partial charge is 0.296 e. The molecular formula is C28H23N5O8S2.